The molecule has 0 radical (unpaired) electrons. The SMILES string of the molecule is CCC(C1CC1)N(C)C(=O)c1c(C)nn2c(-c3ccc(C)cc3C)coc12. The molecular formula is C22H27N3O2. The van der Waals surface area contributed by atoms with Gasteiger partial charge in [0, 0.05) is 18.7 Å². The number of amides is 1. The summed E-state index contributed by atoms with van der Waals surface area (Å²) >= 11 is 0. The molecule has 0 spiro atoms. The summed E-state index contributed by atoms with van der Waals surface area (Å²) < 4.78 is 7.62. The van der Waals surface area contributed by atoms with E-state index in [-0.39, 0.29) is 5.91 Å². The molecule has 0 aliphatic heterocycles. The number of oxazole rings is 1. The third kappa shape index (κ3) is 2.95. The summed E-state index contributed by atoms with van der Waals surface area (Å²) in [6.07, 6.45) is 5.11. The fraction of sp³-hybridized carbons (Fsp3) is 0.455. The molecular weight excluding hydrogens is 338 g/mol. The molecule has 1 unspecified atom stereocenters. The van der Waals surface area contributed by atoms with E-state index in [4.69, 9.17) is 4.42 Å². The molecule has 1 aliphatic rings. The Morgan fingerprint density at radius 1 is 1.33 bits per heavy atom. The number of rotatable bonds is 5. The third-order valence-corrected chi connectivity index (χ3v) is 5.80. The van der Waals surface area contributed by atoms with Gasteiger partial charge in [0.15, 0.2) is 0 Å². The summed E-state index contributed by atoms with van der Waals surface area (Å²) in [5.74, 6) is 0.639. The number of aromatic nitrogens is 2. The Kier molecular flexibility index (Phi) is 4.33. The van der Waals surface area contributed by atoms with Crippen molar-refractivity contribution in [3.05, 3.63) is 46.8 Å². The van der Waals surface area contributed by atoms with Crippen LogP contribution in [-0.4, -0.2) is 33.5 Å². The first kappa shape index (κ1) is 17.8. The largest absolute Gasteiger partial charge is 0.444 e. The average Bonchev–Trinajstić information content (AvgIpc) is 3.30. The quantitative estimate of drug-likeness (QED) is 0.654. The zero-order chi connectivity index (χ0) is 19.3. The lowest BCUT2D eigenvalue weighted by molar-refractivity contribution is 0.0708. The standard InChI is InChI=1S/C22H27N3O2/c1-6-18(16-8-9-16)24(5)21(26)20-15(4)23-25-19(12-27-22(20)25)17-10-7-13(2)11-14(17)3/h7,10-12,16,18H,6,8-9H2,1-5H3. The molecule has 2 heterocycles. The molecule has 142 valence electrons. The monoisotopic (exact) mass is 365 g/mol. The molecule has 5 heteroatoms. The maximum Gasteiger partial charge on any atom is 0.261 e. The zero-order valence-corrected chi connectivity index (χ0v) is 16.7. The van der Waals surface area contributed by atoms with Crippen molar-refractivity contribution >= 4 is 11.6 Å². The Morgan fingerprint density at radius 3 is 2.70 bits per heavy atom. The second-order valence-electron chi connectivity index (χ2n) is 7.85. The highest BCUT2D eigenvalue weighted by atomic mass is 16.3. The maximum absolute atomic E-state index is 13.2. The van der Waals surface area contributed by atoms with Crippen LogP contribution in [0.5, 0.6) is 0 Å². The second-order valence-corrected chi connectivity index (χ2v) is 7.85. The predicted octanol–water partition coefficient (Wildman–Crippen LogP) is 4.78. The number of aryl methyl sites for hydroxylation is 3. The van der Waals surface area contributed by atoms with Crippen LogP contribution in [0.1, 0.15) is 53.4 Å². The van der Waals surface area contributed by atoms with Crippen molar-refractivity contribution in [1.29, 1.82) is 0 Å². The summed E-state index contributed by atoms with van der Waals surface area (Å²) in [4.78, 5) is 15.1. The summed E-state index contributed by atoms with van der Waals surface area (Å²) in [5, 5.41) is 4.64. The molecule has 5 nitrogen and oxygen atoms in total. The normalized spacial score (nSPS) is 15.3. The lowest BCUT2D eigenvalue weighted by Crippen LogP contribution is -2.38. The fourth-order valence-corrected chi connectivity index (χ4v) is 4.20. The van der Waals surface area contributed by atoms with Crippen LogP contribution in [-0.2, 0) is 0 Å². The number of hydrogen-bond acceptors (Lipinski definition) is 3. The molecule has 0 N–H and O–H groups in total. The van der Waals surface area contributed by atoms with E-state index in [1.54, 1.807) is 10.8 Å². The molecule has 1 amide bonds. The lowest BCUT2D eigenvalue weighted by Gasteiger charge is -2.27. The topological polar surface area (TPSA) is 50.8 Å². The number of carbonyl (C=O) groups is 1. The Bertz CT molecular complexity index is 1010. The van der Waals surface area contributed by atoms with E-state index in [0.29, 0.717) is 28.9 Å². The lowest BCUT2D eigenvalue weighted by atomic mass is 10.0. The molecule has 3 aromatic rings. The number of nitrogens with zero attached hydrogens (tertiary/aromatic N) is 3. The van der Waals surface area contributed by atoms with Crippen LogP contribution in [0.25, 0.3) is 17.0 Å². The Morgan fingerprint density at radius 2 is 2.07 bits per heavy atom. The van der Waals surface area contributed by atoms with E-state index in [2.05, 4.69) is 44.1 Å². The van der Waals surface area contributed by atoms with Crippen LogP contribution < -0.4 is 0 Å². The van der Waals surface area contributed by atoms with E-state index in [0.717, 1.165) is 23.2 Å². The van der Waals surface area contributed by atoms with Gasteiger partial charge in [-0.3, -0.25) is 4.79 Å². The number of benzene rings is 1. The van der Waals surface area contributed by atoms with Crippen molar-refractivity contribution in [3.63, 3.8) is 0 Å². The number of fused-ring (bicyclic) bond motifs is 1. The minimum atomic E-state index is 0.00257. The number of carbonyl (C=O) groups excluding carboxylic acids is 1. The van der Waals surface area contributed by atoms with Crippen LogP contribution >= 0.6 is 0 Å². The van der Waals surface area contributed by atoms with Gasteiger partial charge in [0.05, 0.1) is 5.69 Å². The zero-order valence-electron chi connectivity index (χ0n) is 16.7. The van der Waals surface area contributed by atoms with Crippen molar-refractivity contribution in [2.75, 3.05) is 7.05 Å². The molecule has 1 atom stereocenters. The summed E-state index contributed by atoms with van der Waals surface area (Å²) in [5.41, 5.74) is 6.15. The van der Waals surface area contributed by atoms with E-state index < -0.39 is 0 Å². The van der Waals surface area contributed by atoms with Crippen LogP contribution in [0.4, 0.5) is 0 Å². The van der Waals surface area contributed by atoms with E-state index in [1.165, 1.54) is 18.4 Å². The third-order valence-electron chi connectivity index (χ3n) is 5.80. The average molecular weight is 365 g/mol. The smallest absolute Gasteiger partial charge is 0.261 e. The van der Waals surface area contributed by atoms with Gasteiger partial charge in [-0.25, -0.2) is 0 Å². The van der Waals surface area contributed by atoms with Crippen molar-refractivity contribution in [1.82, 2.24) is 14.5 Å². The first-order valence-corrected chi connectivity index (χ1v) is 9.74. The van der Waals surface area contributed by atoms with Gasteiger partial charge in [0.25, 0.3) is 5.91 Å². The van der Waals surface area contributed by atoms with Crippen LogP contribution in [0, 0.1) is 26.7 Å². The summed E-state index contributed by atoms with van der Waals surface area (Å²) in [6, 6.07) is 6.60. The summed E-state index contributed by atoms with van der Waals surface area (Å²) in [6.45, 7) is 8.20. The van der Waals surface area contributed by atoms with Crippen molar-refractivity contribution in [2.24, 2.45) is 5.92 Å². The van der Waals surface area contributed by atoms with Crippen molar-refractivity contribution in [2.45, 2.75) is 53.0 Å². The van der Waals surface area contributed by atoms with Crippen LogP contribution in [0.15, 0.2) is 28.9 Å². The van der Waals surface area contributed by atoms with Crippen molar-refractivity contribution < 1.29 is 9.21 Å². The van der Waals surface area contributed by atoms with Gasteiger partial charge in [-0.1, -0.05) is 30.7 Å². The van der Waals surface area contributed by atoms with Crippen LogP contribution in [0.3, 0.4) is 0 Å². The fourth-order valence-electron chi connectivity index (χ4n) is 4.20. The minimum absolute atomic E-state index is 0.00257. The van der Waals surface area contributed by atoms with E-state index in [1.807, 2.05) is 18.9 Å². The molecule has 0 saturated heterocycles. The van der Waals surface area contributed by atoms with E-state index in [9.17, 15) is 4.79 Å². The predicted molar refractivity (Wildman–Crippen MR) is 106 cm³/mol. The Balaban J connectivity index is 1.76. The molecule has 1 saturated carbocycles. The van der Waals surface area contributed by atoms with Gasteiger partial charge in [-0.15, -0.1) is 0 Å². The Hall–Kier alpha value is -2.56. The molecule has 2 aromatic heterocycles. The van der Waals surface area contributed by atoms with E-state index >= 15 is 0 Å². The Labute approximate surface area is 160 Å². The second kappa shape index (κ2) is 6.55. The highest BCUT2D eigenvalue weighted by molar-refractivity contribution is 6.01. The molecule has 0 bridgehead atoms. The molecule has 1 fully saturated rings. The minimum Gasteiger partial charge on any atom is -0.444 e. The molecule has 4 rings (SSSR count). The van der Waals surface area contributed by atoms with Gasteiger partial charge in [0.2, 0.25) is 5.71 Å². The number of hydrogen-bond donors (Lipinski definition) is 0. The molecule has 1 aromatic carbocycles. The first-order valence-electron chi connectivity index (χ1n) is 9.74. The van der Waals surface area contributed by atoms with Crippen LogP contribution in [0.2, 0.25) is 0 Å². The first-order chi connectivity index (χ1) is 12.9. The van der Waals surface area contributed by atoms with Crippen molar-refractivity contribution in [3.8, 4) is 11.3 Å². The highest BCUT2D eigenvalue weighted by Gasteiger charge is 2.36. The van der Waals surface area contributed by atoms with Gasteiger partial charge in [-0.05, 0) is 51.5 Å². The highest BCUT2D eigenvalue weighted by Crippen LogP contribution is 2.37. The van der Waals surface area contributed by atoms with Gasteiger partial charge in [-0.2, -0.15) is 9.61 Å². The maximum atomic E-state index is 13.2. The van der Waals surface area contributed by atoms with Gasteiger partial charge in [0.1, 0.15) is 17.5 Å². The van der Waals surface area contributed by atoms with Gasteiger partial charge >= 0.3 is 0 Å². The molecule has 1 aliphatic carbocycles. The molecule has 27 heavy (non-hydrogen) atoms. The van der Waals surface area contributed by atoms with Gasteiger partial charge < -0.3 is 9.32 Å². The summed E-state index contributed by atoms with van der Waals surface area (Å²) in [7, 11) is 1.91.